The molecule has 0 saturated carbocycles. The number of ether oxygens (including phenoxy) is 2. The van der Waals surface area contributed by atoms with E-state index < -0.39 is 0 Å². The second-order valence-corrected chi connectivity index (χ2v) is 6.68. The first-order valence-electron chi connectivity index (χ1n) is 8.53. The van der Waals surface area contributed by atoms with E-state index in [9.17, 15) is 4.79 Å². The minimum absolute atomic E-state index is 0.0904. The zero-order chi connectivity index (χ0) is 18.8. The number of hydrogen-bond acceptors (Lipinski definition) is 4. The molecule has 2 aromatic carbocycles. The molecule has 3 aromatic rings. The van der Waals surface area contributed by atoms with Crippen molar-refractivity contribution in [2.75, 3.05) is 20.3 Å². The second-order valence-electron chi connectivity index (χ2n) is 6.24. The van der Waals surface area contributed by atoms with Gasteiger partial charge in [0.15, 0.2) is 11.5 Å². The zero-order valence-electron chi connectivity index (χ0n) is 14.7. The molecule has 1 amide bonds. The van der Waals surface area contributed by atoms with E-state index in [0.717, 1.165) is 16.7 Å². The highest BCUT2D eigenvalue weighted by molar-refractivity contribution is 6.30. The van der Waals surface area contributed by atoms with Crippen molar-refractivity contribution in [3.05, 3.63) is 64.9 Å². The van der Waals surface area contributed by atoms with Crippen LogP contribution in [-0.2, 0) is 6.54 Å². The molecule has 7 heteroatoms. The van der Waals surface area contributed by atoms with Crippen molar-refractivity contribution >= 4 is 17.5 Å². The van der Waals surface area contributed by atoms with E-state index in [4.69, 9.17) is 21.1 Å². The van der Waals surface area contributed by atoms with Gasteiger partial charge in [0.2, 0.25) is 0 Å². The quantitative estimate of drug-likeness (QED) is 0.747. The molecule has 1 N–H and O–H groups in total. The number of methoxy groups -OCH3 is 1. The normalized spacial score (nSPS) is 13.5. The van der Waals surface area contributed by atoms with Gasteiger partial charge in [0.05, 0.1) is 25.4 Å². The molecule has 0 spiro atoms. The number of amides is 1. The fraction of sp³-hybridized carbons (Fsp3) is 0.200. The molecular formula is C20H18ClN3O3. The third-order valence-electron chi connectivity index (χ3n) is 4.51. The van der Waals surface area contributed by atoms with E-state index in [1.54, 1.807) is 18.2 Å². The van der Waals surface area contributed by atoms with Crippen LogP contribution in [0, 0.1) is 0 Å². The fourth-order valence-corrected chi connectivity index (χ4v) is 3.38. The maximum absolute atomic E-state index is 12.7. The molecule has 0 saturated heterocycles. The zero-order valence-corrected chi connectivity index (χ0v) is 15.5. The van der Waals surface area contributed by atoms with Crippen LogP contribution in [0.3, 0.4) is 0 Å². The highest BCUT2D eigenvalue weighted by atomic mass is 35.5. The molecule has 0 radical (unpaired) electrons. The molecule has 2 heterocycles. The smallest absolute Gasteiger partial charge is 0.257 e. The van der Waals surface area contributed by atoms with Gasteiger partial charge in [-0.05, 0) is 35.4 Å². The Morgan fingerprint density at radius 1 is 1.30 bits per heavy atom. The number of rotatable bonds is 3. The van der Waals surface area contributed by atoms with E-state index in [2.05, 4.69) is 10.2 Å². The number of halogens is 1. The van der Waals surface area contributed by atoms with Gasteiger partial charge < -0.3 is 14.4 Å². The van der Waals surface area contributed by atoms with Gasteiger partial charge in [0.1, 0.15) is 6.61 Å². The number of carbonyl (C=O) groups is 1. The highest BCUT2D eigenvalue weighted by Crippen LogP contribution is 2.38. The molecule has 0 aliphatic carbocycles. The van der Waals surface area contributed by atoms with Gasteiger partial charge in [-0.15, -0.1) is 0 Å². The Balaban J connectivity index is 1.74. The third-order valence-corrected chi connectivity index (χ3v) is 4.75. The van der Waals surface area contributed by atoms with E-state index in [1.165, 1.54) is 6.20 Å². The van der Waals surface area contributed by atoms with Gasteiger partial charge in [-0.2, -0.15) is 5.10 Å². The van der Waals surface area contributed by atoms with E-state index in [-0.39, 0.29) is 5.91 Å². The highest BCUT2D eigenvalue weighted by Gasteiger charge is 2.24. The Hall–Kier alpha value is -2.99. The lowest BCUT2D eigenvalue weighted by Crippen LogP contribution is -2.32. The lowest BCUT2D eigenvalue weighted by Gasteiger charge is -2.19. The summed E-state index contributed by atoms with van der Waals surface area (Å²) in [5.74, 6) is 1.22. The summed E-state index contributed by atoms with van der Waals surface area (Å²) in [6, 6.07) is 11.6. The predicted octanol–water partition coefficient (Wildman–Crippen LogP) is 3.77. The van der Waals surface area contributed by atoms with Crippen molar-refractivity contribution in [3.63, 3.8) is 0 Å². The SMILES string of the molecule is COc1cc(-c2cccc(Cl)c2)cc2c1OCCN(C(=O)c1cn[nH]c1)C2. The molecule has 1 aliphatic rings. The first-order chi connectivity index (χ1) is 13.2. The van der Waals surface area contributed by atoms with Crippen molar-refractivity contribution < 1.29 is 14.3 Å². The summed E-state index contributed by atoms with van der Waals surface area (Å²) in [6.07, 6.45) is 3.12. The lowest BCUT2D eigenvalue weighted by molar-refractivity contribution is 0.0733. The first-order valence-corrected chi connectivity index (χ1v) is 8.91. The molecule has 1 aliphatic heterocycles. The largest absolute Gasteiger partial charge is 0.493 e. The monoisotopic (exact) mass is 383 g/mol. The molecule has 0 fully saturated rings. The lowest BCUT2D eigenvalue weighted by atomic mass is 10.0. The Morgan fingerprint density at radius 2 is 2.19 bits per heavy atom. The number of nitrogens with zero attached hydrogens (tertiary/aromatic N) is 2. The van der Waals surface area contributed by atoms with Crippen LogP contribution in [0.15, 0.2) is 48.8 Å². The number of H-pyrrole nitrogens is 1. The summed E-state index contributed by atoms with van der Waals surface area (Å²) in [5.41, 5.74) is 3.34. The number of carbonyl (C=O) groups excluding carboxylic acids is 1. The molecule has 27 heavy (non-hydrogen) atoms. The van der Waals surface area contributed by atoms with Crippen LogP contribution >= 0.6 is 11.6 Å². The van der Waals surface area contributed by atoms with E-state index in [0.29, 0.717) is 41.8 Å². The van der Waals surface area contributed by atoms with Crippen LogP contribution in [0.4, 0.5) is 0 Å². The van der Waals surface area contributed by atoms with Crippen molar-refractivity contribution in [1.29, 1.82) is 0 Å². The Bertz CT molecular complexity index is 973. The van der Waals surface area contributed by atoms with Gasteiger partial charge in [0.25, 0.3) is 5.91 Å². The Kier molecular flexibility index (Phi) is 4.73. The molecular weight excluding hydrogens is 366 g/mol. The summed E-state index contributed by atoms with van der Waals surface area (Å²) >= 11 is 6.14. The van der Waals surface area contributed by atoms with Gasteiger partial charge in [-0.1, -0.05) is 23.7 Å². The van der Waals surface area contributed by atoms with Gasteiger partial charge in [0, 0.05) is 23.3 Å². The summed E-state index contributed by atoms with van der Waals surface area (Å²) in [4.78, 5) is 14.5. The standard InChI is InChI=1S/C20H18ClN3O3/c1-26-18-9-14(13-3-2-4-17(21)8-13)7-15-12-24(5-6-27-19(15)18)20(25)16-10-22-23-11-16/h2-4,7-11H,5-6,12H2,1H3,(H,22,23). The van der Waals surface area contributed by atoms with Crippen molar-refractivity contribution in [3.8, 4) is 22.6 Å². The summed E-state index contributed by atoms with van der Waals surface area (Å²) in [5, 5.41) is 7.20. The van der Waals surface area contributed by atoms with Crippen LogP contribution in [0.1, 0.15) is 15.9 Å². The Morgan fingerprint density at radius 3 is 2.93 bits per heavy atom. The number of fused-ring (bicyclic) bond motifs is 1. The number of nitrogens with one attached hydrogen (secondary N) is 1. The first kappa shape index (κ1) is 17.4. The molecule has 4 rings (SSSR count). The van der Waals surface area contributed by atoms with Crippen LogP contribution < -0.4 is 9.47 Å². The van der Waals surface area contributed by atoms with E-state index >= 15 is 0 Å². The minimum Gasteiger partial charge on any atom is -0.493 e. The molecule has 0 unspecified atom stereocenters. The summed E-state index contributed by atoms with van der Waals surface area (Å²) < 4.78 is 11.5. The van der Waals surface area contributed by atoms with Crippen molar-refractivity contribution in [2.45, 2.75) is 6.54 Å². The number of benzene rings is 2. The van der Waals surface area contributed by atoms with Crippen LogP contribution in [-0.4, -0.2) is 41.3 Å². The number of aromatic amines is 1. The molecule has 1 aromatic heterocycles. The van der Waals surface area contributed by atoms with Crippen molar-refractivity contribution in [2.24, 2.45) is 0 Å². The van der Waals surface area contributed by atoms with Crippen LogP contribution in [0.25, 0.3) is 11.1 Å². The van der Waals surface area contributed by atoms with Gasteiger partial charge >= 0.3 is 0 Å². The molecule has 0 atom stereocenters. The second kappa shape index (κ2) is 7.32. The minimum atomic E-state index is -0.0904. The average Bonchev–Trinajstić information content (AvgIpc) is 3.13. The summed E-state index contributed by atoms with van der Waals surface area (Å²) in [7, 11) is 1.61. The maximum Gasteiger partial charge on any atom is 0.257 e. The summed E-state index contributed by atoms with van der Waals surface area (Å²) in [6.45, 7) is 1.29. The number of aromatic nitrogens is 2. The van der Waals surface area contributed by atoms with Crippen LogP contribution in [0.5, 0.6) is 11.5 Å². The molecule has 6 nitrogen and oxygen atoms in total. The van der Waals surface area contributed by atoms with Crippen molar-refractivity contribution in [1.82, 2.24) is 15.1 Å². The van der Waals surface area contributed by atoms with Crippen LogP contribution in [0.2, 0.25) is 5.02 Å². The molecule has 0 bridgehead atoms. The maximum atomic E-state index is 12.7. The fourth-order valence-electron chi connectivity index (χ4n) is 3.19. The Labute approximate surface area is 161 Å². The molecule has 138 valence electrons. The topological polar surface area (TPSA) is 67.5 Å². The predicted molar refractivity (Wildman–Crippen MR) is 102 cm³/mol. The van der Waals surface area contributed by atoms with Gasteiger partial charge in [-0.25, -0.2) is 0 Å². The third kappa shape index (κ3) is 3.48. The number of hydrogen-bond donors (Lipinski definition) is 1. The van der Waals surface area contributed by atoms with E-state index in [1.807, 2.05) is 36.4 Å². The van der Waals surface area contributed by atoms with Gasteiger partial charge in [-0.3, -0.25) is 9.89 Å². The average molecular weight is 384 g/mol.